The third kappa shape index (κ3) is 5.84. The van der Waals surface area contributed by atoms with Crippen LogP contribution in [0.15, 0.2) is 84.5 Å². The lowest BCUT2D eigenvalue weighted by Crippen LogP contribution is -2.29. The number of methoxy groups -OCH3 is 3. The second kappa shape index (κ2) is 12.3. The summed E-state index contributed by atoms with van der Waals surface area (Å²) in [4.78, 5) is 5.87. The average Bonchev–Trinajstić information content (AvgIpc) is 3.68. The number of hydrogen-bond donors (Lipinski definition) is 2. The highest BCUT2D eigenvalue weighted by Gasteiger charge is 2.24. The maximum absolute atomic E-state index is 8.74. The molecule has 3 aromatic carbocycles. The van der Waals surface area contributed by atoms with Gasteiger partial charge in [0.05, 0.1) is 38.2 Å². The maximum Gasteiger partial charge on any atom is 0.488 e. The van der Waals surface area contributed by atoms with Crippen molar-refractivity contribution in [2.75, 3.05) is 21.3 Å². The van der Waals surface area contributed by atoms with Crippen molar-refractivity contribution in [3.8, 4) is 50.6 Å². The molecular weight excluding hydrogens is 527 g/mol. The summed E-state index contributed by atoms with van der Waals surface area (Å²) < 4.78 is 24.2. The van der Waals surface area contributed by atoms with Gasteiger partial charge in [-0.1, -0.05) is 24.3 Å². The van der Waals surface area contributed by atoms with E-state index in [9.17, 15) is 0 Å². The molecule has 40 heavy (non-hydrogen) atoms. The first-order chi connectivity index (χ1) is 19.5. The largest absolute Gasteiger partial charge is 0.497 e. The van der Waals surface area contributed by atoms with E-state index in [1.165, 1.54) is 12.7 Å². The standard InChI is InChI=1S/C23H20N2O3S.C7H9BO3/c1-26-16-5-3-6-17(12-16)28-20-13-18-15(11-19(20)27-2)8-9-25-14-24-22(23(18)25)21-7-4-10-29-21;1-11-7-4-2-3-6(5-7)8(9)10/h3-7,10-14H,8-9H2,1-2H3;2-5,9-10H,1H3. The van der Waals surface area contributed by atoms with Crippen molar-refractivity contribution in [2.45, 2.75) is 13.0 Å². The summed E-state index contributed by atoms with van der Waals surface area (Å²) in [5.41, 5.74) is 4.95. The number of aryl methyl sites for hydroxylation is 2. The maximum atomic E-state index is 8.74. The lowest BCUT2D eigenvalue weighted by molar-refractivity contribution is 0.375. The van der Waals surface area contributed by atoms with Gasteiger partial charge in [-0.25, -0.2) is 4.98 Å². The van der Waals surface area contributed by atoms with Crippen LogP contribution in [-0.4, -0.2) is 48.0 Å². The van der Waals surface area contributed by atoms with Crippen LogP contribution in [0.3, 0.4) is 0 Å². The number of nitrogens with zero attached hydrogens (tertiary/aromatic N) is 2. The first-order valence-electron chi connectivity index (χ1n) is 12.6. The van der Waals surface area contributed by atoms with E-state index in [1.807, 2.05) is 30.6 Å². The summed E-state index contributed by atoms with van der Waals surface area (Å²) in [6.07, 6.45) is 2.86. The van der Waals surface area contributed by atoms with Gasteiger partial charge in [0.2, 0.25) is 0 Å². The van der Waals surface area contributed by atoms with Crippen LogP contribution in [0.2, 0.25) is 0 Å². The Morgan fingerprint density at radius 3 is 2.27 bits per heavy atom. The number of rotatable bonds is 7. The molecule has 5 aromatic rings. The van der Waals surface area contributed by atoms with Crippen molar-refractivity contribution < 1.29 is 29.0 Å². The van der Waals surface area contributed by atoms with Crippen LogP contribution in [-0.2, 0) is 13.0 Å². The molecular formula is C30H29BN2O6S. The van der Waals surface area contributed by atoms with Crippen molar-refractivity contribution >= 4 is 23.9 Å². The van der Waals surface area contributed by atoms with E-state index in [2.05, 4.69) is 34.2 Å². The van der Waals surface area contributed by atoms with Gasteiger partial charge in [0, 0.05) is 18.2 Å². The lowest BCUT2D eigenvalue weighted by Gasteiger charge is -2.22. The molecule has 0 amide bonds. The van der Waals surface area contributed by atoms with Gasteiger partial charge >= 0.3 is 7.12 Å². The average molecular weight is 556 g/mol. The van der Waals surface area contributed by atoms with E-state index in [0.29, 0.717) is 22.7 Å². The third-order valence-corrected chi connectivity index (χ3v) is 7.40. The summed E-state index contributed by atoms with van der Waals surface area (Å²) in [5, 5.41) is 19.6. The summed E-state index contributed by atoms with van der Waals surface area (Å²) in [6, 6.07) is 22.5. The lowest BCUT2D eigenvalue weighted by atomic mass is 9.80. The Bertz CT molecular complexity index is 1590. The zero-order chi connectivity index (χ0) is 28.1. The Labute approximate surface area is 237 Å². The smallest absolute Gasteiger partial charge is 0.488 e. The topological polar surface area (TPSA) is 95.2 Å². The van der Waals surface area contributed by atoms with E-state index in [-0.39, 0.29) is 0 Å². The predicted octanol–water partition coefficient (Wildman–Crippen LogP) is 5.02. The summed E-state index contributed by atoms with van der Waals surface area (Å²) in [5.74, 6) is 3.46. The van der Waals surface area contributed by atoms with Crippen molar-refractivity contribution in [3.05, 3.63) is 90.1 Å². The predicted molar refractivity (Wildman–Crippen MR) is 157 cm³/mol. The van der Waals surface area contributed by atoms with E-state index in [1.54, 1.807) is 49.8 Å². The molecule has 1 aliphatic rings. The number of aromatic nitrogens is 2. The Morgan fingerprint density at radius 2 is 1.57 bits per heavy atom. The molecule has 2 aromatic heterocycles. The minimum Gasteiger partial charge on any atom is -0.497 e. The van der Waals surface area contributed by atoms with Crippen LogP contribution in [0.25, 0.3) is 21.8 Å². The number of ether oxygens (including phenoxy) is 4. The molecule has 6 rings (SSSR count). The van der Waals surface area contributed by atoms with Crippen LogP contribution in [0, 0.1) is 0 Å². The summed E-state index contributed by atoms with van der Waals surface area (Å²) >= 11 is 1.70. The molecule has 0 radical (unpaired) electrons. The molecule has 10 heteroatoms. The van der Waals surface area contributed by atoms with Crippen LogP contribution >= 0.6 is 11.3 Å². The zero-order valence-corrected chi connectivity index (χ0v) is 23.2. The minimum absolute atomic E-state index is 0.435. The van der Waals surface area contributed by atoms with Gasteiger partial charge in [-0.05, 0) is 65.3 Å². The van der Waals surface area contributed by atoms with Gasteiger partial charge in [-0.2, -0.15) is 0 Å². The first-order valence-corrected chi connectivity index (χ1v) is 13.5. The van der Waals surface area contributed by atoms with Crippen molar-refractivity contribution in [3.63, 3.8) is 0 Å². The fourth-order valence-electron chi connectivity index (χ4n) is 4.53. The van der Waals surface area contributed by atoms with Crippen LogP contribution in [0.4, 0.5) is 0 Å². The molecule has 1 aliphatic heterocycles. The molecule has 2 N–H and O–H groups in total. The molecule has 3 heterocycles. The molecule has 0 aliphatic carbocycles. The van der Waals surface area contributed by atoms with E-state index in [0.717, 1.165) is 46.3 Å². The molecule has 0 saturated heterocycles. The number of benzene rings is 3. The molecule has 0 atom stereocenters. The van der Waals surface area contributed by atoms with Crippen LogP contribution < -0.4 is 24.4 Å². The number of fused-ring (bicyclic) bond motifs is 3. The molecule has 0 bridgehead atoms. The quantitative estimate of drug-likeness (QED) is 0.272. The third-order valence-electron chi connectivity index (χ3n) is 6.52. The first kappa shape index (κ1) is 27.3. The highest BCUT2D eigenvalue weighted by atomic mass is 32.1. The molecule has 8 nitrogen and oxygen atoms in total. The normalized spacial score (nSPS) is 11.4. The van der Waals surface area contributed by atoms with Crippen LogP contribution in [0.1, 0.15) is 5.56 Å². The molecule has 204 valence electrons. The van der Waals surface area contributed by atoms with Gasteiger partial charge in [0.1, 0.15) is 22.9 Å². The van der Waals surface area contributed by atoms with Gasteiger partial charge in [-0.3, -0.25) is 0 Å². The monoisotopic (exact) mass is 556 g/mol. The Morgan fingerprint density at radius 1 is 0.825 bits per heavy atom. The minimum atomic E-state index is -1.43. The van der Waals surface area contributed by atoms with Crippen molar-refractivity contribution in [1.29, 1.82) is 0 Å². The Kier molecular flexibility index (Phi) is 8.40. The van der Waals surface area contributed by atoms with E-state index < -0.39 is 7.12 Å². The highest BCUT2D eigenvalue weighted by molar-refractivity contribution is 7.13. The SMILES string of the molecule is COc1cccc(B(O)O)c1.COc1cccc(Oc2cc3c(cc2OC)CCn2cnc(-c4cccs4)c2-3)c1. The Hall–Kier alpha value is -4.25. The molecule has 0 saturated carbocycles. The number of imidazole rings is 1. The fourth-order valence-corrected chi connectivity index (χ4v) is 5.25. The fraction of sp³-hybridized carbons (Fsp3) is 0.167. The summed E-state index contributed by atoms with van der Waals surface area (Å²) in [7, 11) is 3.42. The van der Waals surface area contributed by atoms with Gasteiger partial charge < -0.3 is 33.6 Å². The second-order valence-corrected chi connectivity index (χ2v) is 9.90. The van der Waals surface area contributed by atoms with Crippen molar-refractivity contribution in [2.24, 2.45) is 0 Å². The Balaban J connectivity index is 0.000000248. The van der Waals surface area contributed by atoms with Crippen molar-refractivity contribution in [1.82, 2.24) is 9.55 Å². The van der Waals surface area contributed by atoms with E-state index >= 15 is 0 Å². The second-order valence-electron chi connectivity index (χ2n) is 8.95. The van der Waals surface area contributed by atoms with Gasteiger partial charge in [0.25, 0.3) is 0 Å². The summed E-state index contributed by atoms with van der Waals surface area (Å²) in [6.45, 7) is 0.903. The number of thiophene rings is 1. The molecule has 0 spiro atoms. The zero-order valence-electron chi connectivity index (χ0n) is 22.4. The number of hydrogen-bond acceptors (Lipinski definition) is 8. The van der Waals surface area contributed by atoms with Crippen LogP contribution in [0.5, 0.6) is 28.7 Å². The molecule has 0 fully saturated rings. The van der Waals surface area contributed by atoms with Gasteiger partial charge in [-0.15, -0.1) is 11.3 Å². The van der Waals surface area contributed by atoms with Gasteiger partial charge in [0.15, 0.2) is 11.5 Å². The molecule has 0 unspecified atom stereocenters. The highest BCUT2D eigenvalue weighted by Crippen LogP contribution is 2.44. The van der Waals surface area contributed by atoms with E-state index in [4.69, 9.17) is 34.0 Å².